The fraction of sp³-hybridized carbons (Fsp3) is 0.207. The Kier molecular flexibility index (Phi) is 8.84. The van der Waals surface area contributed by atoms with Gasteiger partial charge in [-0.3, -0.25) is 4.79 Å². The van der Waals surface area contributed by atoms with Crippen molar-refractivity contribution in [3.63, 3.8) is 0 Å². The third-order valence-electron chi connectivity index (χ3n) is 5.72. The van der Waals surface area contributed by atoms with Gasteiger partial charge in [-0.2, -0.15) is 0 Å². The highest BCUT2D eigenvalue weighted by Crippen LogP contribution is 2.34. The van der Waals surface area contributed by atoms with Gasteiger partial charge >= 0.3 is 12.1 Å². The van der Waals surface area contributed by atoms with Crippen molar-refractivity contribution < 1.29 is 28.2 Å². The highest BCUT2D eigenvalue weighted by Gasteiger charge is 2.26. The third-order valence-corrected chi connectivity index (χ3v) is 6.03. The summed E-state index contributed by atoms with van der Waals surface area (Å²) in [7, 11) is 0. The van der Waals surface area contributed by atoms with Gasteiger partial charge in [0.25, 0.3) is 0 Å². The van der Waals surface area contributed by atoms with Gasteiger partial charge < -0.3 is 9.47 Å². The maximum absolute atomic E-state index is 13.8. The largest absolute Gasteiger partial charge is 0.422 e. The van der Waals surface area contributed by atoms with Crippen LogP contribution in [0, 0.1) is 19.7 Å². The molecule has 0 aliphatic rings. The molecule has 3 rings (SSSR count). The van der Waals surface area contributed by atoms with E-state index in [9.17, 15) is 18.8 Å². The smallest absolute Gasteiger partial charge is 0.422 e. The minimum absolute atomic E-state index is 0.117. The lowest BCUT2D eigenvalue weighted by atomic mass is 9.99. The van der Waals surface area contributed by atoms with Crippen LogP contribution in [-0.4, -0.2) is 24.1 Å². The summed E-state index contributed by atoms with van der Waals surface area (Å²) in [6.07, 6.45) is -0.523. The summed E-state index contributed by atoms with van der Waals surface area (Å²) in [6.45, 7) is 8.13. The maximum Gasteiger partial charge on any atom is 0.422 e. The molecule has 0 aliphatic heterocycles. The molecule has 1 amide bonds. The molecule has 0 heterocycles. The zero-order chi connectivity index (χ0) is 27.3. The van der Waals surface area contributed by atoms with E-state index in [0.717, 1.165) is 5.56 Å². The third kappa shape index (κ3) is 6.43. The van der Waals surface area contributed by atoms with Crippen molar-refractivity contribution >= 4 is 40.8 Å². The van der Waals surface area contributed by atoms with E-state index < -0.39 is 24.2 Å². The van der Waals surface area contributed by atoms with Crippen LogP contribution in [0.5, 0.6) is 0 Å². The molecule has 0 bridgehead atoms. The lowest BCUT2D eigenvalue weighted by Crippen LogP contribution is -2.32. The first-order valence-corrected chi connectivity index (χ1v) is 11.9. The van der Waals surface area contributed by atoms with Crippen molar-refractivity contribution in [3.8, 4) is 0 Å². The molecular formula is C29H27ClFNO5. The Bertz CT molecular complexity index is 1380. The number of carbonyl (C=O) groups excluding carboxylic acids is 3. The van der Waals surface area contributed by atoms with Crippen LogP contribution in [0.15, 0.2) is 72.3 Å². The monoisotopic (exact) mass is 523 g/mol. The fourth-order valence-corrected chi connectivity index (χ4v) is 3.85. The van der Waals surface area contributed by atoms with E-state index in [1.54, 1.807) is 45.0 Å². The molecule has 1 unspecified atom stereocenters. The Labute approximate surface area is 220 Å². The summed E-state index contributed by atoms with van der Waals surface area (Å²) in [5.41, 5.74) is 2.97. The number of hydrogen-bond donors (Lipinski definition) is 0. The molecule has 0 fully saturated rings. The second-order valence-electron chi connectivity index (χ2n) is 8.40. The number of ketones is 1. The van der Waals surface area contributed by atoms with E-state index in [2.05, 4.69) is 0 Å². The van der Waals surface area contributed by atoms with Gasteiger partial charge in [0.1, 0.15) is 5.82 Å². The predicted molar refractivity (Wildman–Crippen MR) is 141 cm³/mol. The number of esters is 1. The number of carbonyl (C=O) groups is 3. The molecule has 0 N–H and O–H groups in total. The van der Waals surface area contributed by atoms with Crippen molar-refractivity contribution in [1.29, 1.82) is 0 Å². The Balaban J connectivity index is 1.99. The van der Waals surface area contributed by atoms with Gasteiger partial charge in [-0.15, -0.1) is 0 Å². The first kappa shape index (κ1) is 27.6. The number of benzene rings is 3. The van der Waals surface area contributed by atoms with Crippen molar-refractivity contribution in [3.05, 3.63) is 105 Å². The number of hydrogen-bond acceptors (Lipinski definition) is 5. The van der Waals surface area contributed by atoms with Crippen LogP contribution in [0.4, 0.5) is 20.6 Å². The Morgan fingerprint density at radius 3 is 2.27 bits per heavy atom. The first-order valence-electron chi connectivity index (χ1n) is 11.5. The number of allylic oxidation sites excluding steroid dienone is 1. The van der Waals surface area contributed by atoms with E-state index in [1.165, 1.54) is 42.2 Å². The van der Waals surface area contributed by atoms with Crippen LogP contribution >= 0.6 is 11.6 Å². The van der Waals surface area contributed by atoms with Gasteiger partial charge in [0.05, 0.1) is 16.4 Å². The first-order chi connectivity index (χ1) is 17.5. The molecule has 37 heavy (non-hydrogen) atoms. The van der Waals surface area contributed by atoms with E-state index in [-0.39, 0.29) is 22.1 Å². The van der Waals surface area contributed by atoms with Crippen LogP contribution in [0.3, 0.4) is 0 Å². The van der Waals surface area contributed by atoms with Crippen LogP contribution < -0.4 is 4.90 Å². The maximum atomic E-state index is 13.8. The number of halogens is 2. The zero-order valence-corrected chi connectivity index (χ0v) is 21.9. The van der Waals surface area contributed by atoms with Crippen molar-refractivity contribution in [2.45, 2.75) is 40.9 Å². The zero-order valence-electron chi connectivity index (χ0n) is 21.2. The molecular weight excluding hydrogens is 497 g/mol. The molecule has 0 saturated heterocycles. The summed E-state index contributed by atoms with van der Waals surface area (Å²) in [5, 5.41) is 0.117. The molecule has 1 atom stereocenters. The molecule has 8 heteroatoms. The van der Waals surface area contributed by atoms with Crippen molar-refractivity contribution in [2.24, 2.45) is 0 Å². The van der Waals surface area contributed by atoms with Gasteiger partial charge in [-0.05, 0) is 75.2 Å². The van der Waals surface area contributed by atoms with Crippen LogP contribution in [0.2, 0.25) is 5.02 Å². The van der Waals surface area contributed by atoms with E-state index >= 15 is 0 Å². The molecule has 0 spiro atoms. The van der Waals surface area contributed by atoms with Gasteiger partial charge in [0, 0.05) is 23.6 Å². The average Bonchev–Trinajstić information content (AvgIpc) is 2.84. The van der Waals surface area contributed by atoms with Crippen molar-refractivity contribution in [2.75, 3.05) is 4.90 Å². The summed E-state index contributed by atoms with van der Waals surface area (Å²) >= 11 is 6.52. The average molecular weight is 524 g/mol. The molecule has 6 nitrogen and oxygen atoms in total. The van der Waals surface area contributed by atoms with Gasteiger partial charge in [0.15, 0.2) is 5.78 Å². The Hall–Kier alpha value is -3.97. The molecule has 3 aromatic carbocycles. The SMILES string of the molecule is CC=C(C)C(=O)OC(C)OC(=O)N(c1ccc(C(=O)c2ccccc2C)c(Cl)c1)c1ccc(F)cc1C. The van der Waals surface area contributed by atoms with E-state index in [1.807, 2.05) is 19.1 Å². The summed E-state index contributed by atoms with van der Waals surface area (Å²) in [6, 6.07) is 15.6. The second-order valence-corrected chi connectivity index (χ2v) is 8.81. The lowest BCUT2D eigenvalue weighted by Gasteiger charge is -2.26. The second kappa shape index (κ2) is 11.8. The molecule has 3 aromatic rings. The van der Waals surface area contributed by atoms with Gasteiger partial charge in [-0.1, -0.05) is 41.9 Å². The Morgan fingerprint density at radius 2 is 1.65 bits per heavy atom. The number of rotatable bonds is 7. The molecule has 0 radical (unpaired) electrons. The predicted octanol–water partition coefficient (Wildman–Crippen LogP) is 7.46. The molecule has 0 saturated carbocycles. The minimum atomic E-state index is -1.21. The topological polar surface area (TPSA) is 72.9 Å². The number of nitrogens with zero attached hydrogens (tertiary/aromatic N) is 1. The van der Waals surface area contributed by atoms with Crippen LogP contribution in [0.25, 0.3) is 0 Å². The Morgan fingerprint density at radius 1 is 0.946 bits per heavy atom. The van der Waals surface area contributed by atoms with Crippen molar-refractivity contribution in [1.82, 2.24) is 0 Å². The quantitative estimate of drug-likeness (QED) is 0.139. The van der Waals surface area contributed by atoms with Crippen LogP contribution in [0.1, 0.15) is 47.8 Å². The lowest BCUT2D eigenvalue weighted by molar-refractivity contribution is -0.159. The van der Waals surface area contributed by atoms with Gasteiger partial charge in [-0.25, -0.2) is 18.9 Å². The summed E-state index contributed by atoms with van der Waals surface area (Å²) in [5.74, 6) is -1.37. The molecule has 192 valence electrons. The normalized spacial score (nSPS) is 12.0. The highest BCUT2D eigenvalue weighted by molar-refractivity contribution is 6.35. The highest BCUT2D eigenvalue weighted by atomic mass is 35.5. The summed E-state index contributed by atoms with van der Waals surface area (Å²) in [4.78, 5) is 39.7. The fourth-order valence-electron chi connectivity index (χ4n) is 3.59. The van der Waals surface area contributed by atoms with E-state index in [4.69, 9.17) is 21.1 Å². The summed E-state index contributed by atoms with van der Waals surface area (Å²) < 4.78 is 24.4. The number of aryl methyl sites for hydroxylation is 2. The minimum Gasteiger partial charge on any atom is -0.422 e. The van der Waals surface area contributed by atoms with Crippen LogP contribution in [-0.2, 0) is 14.3 Å². The van der Waals surface area contributed by atoms with Gasteiger partial charge in [0.2, 0.25) is 6.29 Å². The molecule has 0 aliphatic carbocycles. The van der Waals surface area contributed by atoms with E-state index in [0.29, 0.717) is 22.4 Å². The molecule has 0 aromatic heterocycles. The number of amides is 1. The standard InChI is InChI=1S/C29H27ClFNO5/c1-6-17(2)28(34)36-20(5)37-29(35)32(26-14-11-21(31)15-19(26)4)22-12-13-24(25(30)16-22)27(33)23-10-8-7-9-18(23)3/h6-16,20H,1-5H3. The number of ether oxygens (including phenoxy) is 2. The number of anilines is 2.